The normalized spacial score (nSPS) is 22.5. The molecule has 2 heterocycles. The Morgan fingerprint density at radius 2 is 2.07 bits per heavy atom. The molecule has 2 fully saturated rings. The summed E-state index contributed by atoms with van der Waals surface area (Å²) in [6.07, 6.45) is 2.11. The Labute approximate surface area is 179 Å². The van der Waals surface area contributed by atoms with Crippen LogP contribution >= 0.6 is 11.6 Å². The van der Waals surface area contributed by atoms with Crippen LogP contribution in [0.2, 0.25) is 5.02 Å². The van der Waals surface area contributed by atoms with Gasteiger partial charge < -0.3 is 20.4 Å². The SMILES string of the molecule is CN=C(NCC1CCN(c2cc(Cl)ccc2C)C1)NC1CCN(C(=O)C(C)C)C1. The highest BCUT2D eigenvalue weighted by Crippen LogP contribution is 2.29. The highest BCUT2D eigenvalue weighted by molar-refractivity contribution is 6.30. The molecule has 2 aliphatic heterocycles. The fourth-order valence-electron chi connectivity index (χ4n) is 4.21. The number of aryl methyl sites for hydroxylation is 1. The quantitative estimate of drug-likeness (QED) is 0.569. The van der Waals surface area contributed by atoms with Crippen LogP contribution in [-0.2, 0) is 4.79 Å². The summed E-state index contributed by atoms with van der Waals surface area (Å²) in [7, 11) is 1.80. The van der Waals surface area contributed by atoms with Crippen LogP contribution in [0.4, 0.5) is 5.69 Å². The van der Waals surface area contributed by atoms with Gasteiger partial charge in [0, 0.05) is 62.4 Å². The average Bonchev–Trinajstić information content (AvgIpc) is 3.36. The lowest BCUT2D eigenvalue weighted by Gasteiger charge is -2.22. The van der Waals surface area contributed by atoms with Gasteiger partial charge in [-0.05, 0) is 43.4 Å². The molecule has 0 aliphatic carbocycles. The summed E-state index contributed by atoms with van der Waals surface area (Å²) in [5.74, 6) is 1.68. The number of carbonyl (C=O) groups is 1. The first kappa shape index (κ1) is 21.8. The molecule has 7 heteroatoms. The zero-order valence-corrected chi connectivity index (χ0v) is 18.8. The molecule has 2 saturated heterocycles. The maximum absolute atomic E-state index is 12.2. The highest BCUT2D eigenvalue weighted by atomic mass is 35.5. The van der Waals surface area contributed by atoms with E-state index in [0.717, 1.165) is 56.5 Å². The molecule has 0 aromatic heterocycles. The molecular formula is C22H34ClN5O. The first-order valence-corrected chi connectivity index (χ1v) is 11.0. The maximum atomic E-state index is 12.2. The summed E-state index contributed by atoms with van der Waals surface area (Å²) in [6.45, 7) is 10.6. The molecule has 0 saturated carbocycles. The number of guanidine groups is 1. The molecule has 1 aromatic rings. The number of likely N-dealkylation sites (tertiary alicyclic amines) is 1. The molecule has 2 N–H and O–H groups in total. The number of hydrogen-bond donors (Lipinski definition) is 2. The lowest BCUT2D eigenvalue weighted by atomic mass is 10.1. The Bertz CT molecular complexity index is 751. The van der Waals surface area contributed by atoms with Crippen molar-refractivity contribution in [3.8, 4) is 0 Å². The summed E-state index contributed by atoms with van der Waals surface area (Å²) < 4.78 is 0. The second-order valence-corrected chi connectivity index (χ2v) is 8.99. The van der Waals surface area contributed by atoms with Gasteiger partial charge in [0.1, 0.15) is 0 Å². The summed E-state index contributed by atoms with van der Waals surface area (Å²) >= 11 is 6.19. The molecular weight excluding hydrogens is 386 g/mol. The van der Waals surface area contributed by atoms with Crippen molar-refractivity contribution in [2.45, 2.75) is 39.7 Å². The van der Waals surface area contributed by atoms with E-state index in [1.54, 1.807) is 7.05 Å². The van der Waals surface area contributed by atoms with Gasteiger partial charge in [0.2, 0.25) is 5.91 Å². The Hall–Kier alpha value is -1.95. The van der Waals surface area contributed by atoms with Gasteiger partial charge in [-0.25, -0.2) is 0 Å². The number of aliphatic imine (C=N–C) groups is 1. The molecule has 0 spiro atoms. The molecule has 2 aliphatic rings. The van der Waals surface area contributed by atoms with E-state index < -0.39 is 0 Å². The van der Waals surface area contributed by atoms with E-state index in [4.69, 9.17) is 11.6 Å². The zero-order chi connectivity index (χ0) is 21.0. The third-order valence-electron chi connectivity index (χ3n) is 5.91. The number of hydrogen-bond acceptors (Lipinski definition) is 3. The van der Waals surface area contributed by atoms with Gasteiger partial charge in [0.25, 0.3) is 0 Å². The van der Waals surface area contributed by atoms with Crippen LogP contribution in [0, 0.1) is 18.8 Å². The molecule has 3 rings (SSSR count). The van der Waals surface area contributed by atoms with Crippen LogP contribution in [-0.4, -0.2) is 62.6 Å². The predicted molar refractivity (Wildman–Crippen MR) is 121 cm³/mol. The third kappa shape index (κ3) is 5.56. The van der Waals surface area contributed by atoms with Crippen molar-refractivity contribution < 1.29 is 4.79 Å². The lowest BCUT2D eigenvalue weighted by Crippen LogP contribution is -2.46. The fraction of sp³-hybridized carbons (Fsp3) is 0.636. The molecule has 2 unspecified atom stereocenters. The molecule has 0 bridgehead atoms. The minimum Gasteiger partial charge on any atom is -0.371 e. The minimum absolute atomic E-state index is 0.0552. The Morgan fingerprint density at radius 3 is 2.79 bits per heavy atom. The van der Waals surface area contributed by atoms with Crippen molar-refractivity contribution in [3.63, 3.8) is 0 Å². The number of rotatable bonds is 5. The van der Waals surface area contributed by atoms with Gasteiger partial charge in [0.15, 0.2) is 5.96 Å². The standard InChI is InChI=1S/C22H34ClN5O/c1-15(2)21(29)28-10-8-19(14-28)26-22(24-4)25-12-17-7-9-27(13-17)20-11-18(23)6-5-16(20)3/h5-6,11,15,17,19H,7-10,12-14H2,1-4H3,(H2,24,25,26). The fourth-order valence-corrected chi connectivity index (χ4v) is 4.38. The second kappa shape index (κ2) is 9.70. The van der Waals surface area contributed by atoms with E-state index in [9.17, 15) is 4.79 Å². The zero-order valence-electron chi connectivity index (χ0n) is 18.0. The number of nitrogens with one attached hydrogen (secondary N) is 2. The number of halogens is 1. The van der Waals surface area contributed by atoms with E-state index in [1.807, 2.05) is 24.8 Å². The van der Waals surface area contributed by atoms with Crippen LogP contribution < -0.4 is 15.5 Å². The van der Waals surface area contributed by atoms with Gasteiger partial charge in [0.05, 0.1) is 0 Å². The molecule has 0 radical (unpaired) electrons. The Morgan fingerprint density at radius 1 is 1.28 bits per heavy atom. The third-order valence-corrected chi connectivity index (χ3v) is 6.15. The summed E-state index contributed by atoms with van der Waals surface area (Å²) in [6, 6.07) is 6.36. The molecule has 2 atom stereocenters. The number of carbonyl (C=O) groups excluding carboxylic acids is 1. The van der Waals surface area contributed by atoms with Gasteiger partial charge >= 0.3 is 0 Å². The molecule has 6 nitrogen and oxygen atoms in total. The van der Waals surface area contributed by atoms with Crippen LogP contribution in [0.5, 0.6) is 0 Å². The minimum atomic E-state index is 0.0552. The van der Waals surface area contributed by atoms with Crippen molar-refractivity contribution in [3.05, 3.63) is 28.8 Å². The number of benzene rings is 1. The average molecular weight is 420 g/mol. The van der Waals surface area contributed by atoms with Crippen LogP contribution in [0.3, 0.4) is 0 Å². The van der Waals surface area contributed by atoms with Gasteiger partial charge in [-0.1, -0.05) is 31.5 Å². The van der Waals surface area contributed by atoms with Crippen LogP contribution in [0.15, 0.2) is 23.2 Å². The molecule has 1 amide bonds. The molecule has 29 heavy (non-hydrogen) atoms. The second-order valence-electron chi connectivity index (χ2n) is 8.55. The van der Waals surface area contributed by atoms with Gasteiger partial charge in [-0.3, -0.25) is 9.79 Å². The van der Waals surface area contributed by atoms with Crippen molar-refractivity contribution in [1.82, 2.24) is 15.5 Å². The van der Waals surface area contributed by atoms with Crippen molar-refractivity contribution in [2.75, 3.05) is 44.7 Å². The lowest BCUT2D eigenvalue weighted by molar-refractivity contribution is -0.133. The number of amides is 1. The van der Waals surface area contributed by atoms with Gasteiger partial charge in [-0.15, -0.1) is 0 Å². The highest BCUT2D eigenvalue weighted by Gasteiger charge is 2.28. The van der Waals surface area contributed by atoms with Gasteiger partial charge in [-0.2, -0.15) is 0 Å². The van der Waals surface area contributed by atoms with Crippen molar-refractivity contribution >= 4 is 29.2 Å². The summed E-state index contributed by atoms with van der Waals surface area (Å²) in [5.41, 5.74) is 2.51. The van der Waals surface area contributed by atoms with Crippen LogP contribution in [0.1, 0.15) is 32.3 Å². The maximum Gasteiger partial charge on any atom is 0.225 e. The van der Waals surface area contributed by atoms with E-state index in [-0.39, 0.29) is 17.9 Å². The first-order valence-electron chi connectivity index (χ1n) is 10.6. The number of anilines is 1. The van der Waals surface area contributed by atoms with Crippen molar-refractivity contribution in [1.29, 1.82) is 0 Å². The van der Waals surface area contributed by atoms with E-state index in [0.29, 0.717) is 5.92 Å². The van der Waals surface area contributed by atoms with E-state index in [2.05, 4.69) is 39.6 Å². The predicted octanol–water partition coefficient (Wildman–Crippen LogP) is 2.90. The van der Waals surface area contributed by atoms with E-state index >= 15 is 0 Å². The summed E-state index contributed by atoms with van der Waals surface area (Å²) in [4.78, 5) is 20.9. The largest absolute Gasteiger partial charge is 0.371 e. The smallest absolute Gasteiger partial charge is 0.225 e. The number of nitrogens with zero attached hydrogens (tertiary/aromatic N) is 3. The summed E-state index contributed by atoms with van der Waals surface area (Å²) in [5, 5.41) is 7.76. The first-order chi connectivity index (χ1) is 13.9. The van der Waals surface area contributed by atoms with Crippen LogP contribution in [0.25, 0.3) is 0 Å². The molecule has 160 valence electrons. The Balaban J connectivity index is 1.46. The molecule has 1 aromatic carbocycles. The monoisotopic (exact) mass is 419 g/mol. The Kier molecular flexibility index (Phi) is 7.28. The van der Waals surface area contributed by atoms with E-state index in [1.165, 1.54) is 11.3 Å². The van der Waals surface area contributed by atoms with Crippen molar-refractivity contribution in [2.24, 2.45) is 16.8 Å². The topological polar surface area (TPSA) is 60.0 Å².